The summed E-state index contributed by atoms with van der Waals surface area (Å²) in [6.45, 7) is 11.3. The largest absolute Gasteiger partial charge is 0.357 e. The zero-order valence-electron chi connectivity index (χ0n) is 14.8. The minimum Gasteiger partial charge on any atom is -0.357 e. The first-order valence-corrected chi connectivity index (χ1v) is 9.43. The van der Waals surface area contributed by atoms with Gasteiger partial charge in [-0.2, -0.15) is 0 Å². The molecule has 0 unspecified atom stereocenters. The van der Waals surface area contributed by atoms with E-state index in [1.54, 1.807) is 11.3 Å². The molecule has 0 atom stereocenters. The van der Waals surface area contributed by atoms with E-state index in [1.165, 1.54) is 30.7 Å². The smallest absolute Gasteiger partial charge is 0.191 e. The van der Waals surface area contributed by atoms with E-state index in [-0.39, 0.29) is 24.0 Å². The van der Waals surface area contributed by atoms with Crippen LogP contribution in [0.15, 0.2) is 10.4 Å². The van der Waals surface area contributed by atoms with Gasteiger partial charge in [0.25, 0.3) is 0 Å². The summed E-state index contributed by atoms with van der Waals surface area (Å²) in [6.07, 6.45) is 5.32. The topological polar surface area (TPSA) is 49.3 Å². The lowest BCUT2D eigenvalue weighted by Crippen LogP contribution is -2.46. The average molecular weight is 450 g/mol. The van der Waals surface area contributed by atoms with Crippen LogP contribution in [0.5, 0.6) is 0 Å². The monoisotopic (exact) mass is 450 g/mol. The van der Waals surface area contributed by atoms with Crippen LogP contribution in [0.25, 0.3) is 0 Å². The van der Waals surface area contributed by atoms with Gasteiger partial charge in [0.15, 0.2) is 5.96 Å². The Labute approximate surface area is 162 Å². The summed E-state index contributed by atoms with van der Waals surface area (Å²) in [4.78, 5) is 9.34. The Morgan fingerprint density at radius 2 is 2.09 bits per heavy atom. The molecule has 1 fully saturated rings. The highest BCUT2D eigenvalue weighted by Gasteiger charge is 2.34. The van der Waals surface area contributed by atoms with Gasteiger partial charge in [-0.3, -0.25) is 0 Å². The maximum absolute atomic E-state index is 4.69. The van der Waals surface area contributed by atoms with Gasteiger partial charge in [0, 0.05) is 24.4 Å². The van der Waals surface area contributed by atoms with Gasteiger partial charge < -0.3 is 10.6 Å². The van der Waals surface area contributed by atoms with Crippen molar-refractivity contribution in [3.05, 3.63) is 16.1 Å². The predicted octanol–water partition coefficient (Wildman–Crippen LogP) is 4.52. The van der Waals surface area contributed by atoms with Crippen LogP contribution >= 0.6 is 35.3 Å². The number of thiazole rings is 1. The second kappa shape index (κ2) is 9.81. The third-order valence-electron chi connectivity index (χ3n) is 4.60. The fourth-order valence-electron chi connectivity index (χ4n) is 2.77. The number of halogens is 1. The van der Waals surface area contributed by atoms with Crippen LogP contribution in [0.1, 0.15) is 70.0 Å². The molecule has 1 aromatic heterocycles. The Hall–Kier alpha value is -0.370. The number of hydrogen-bond donors (Lipinski definition) is 2. The molecule has 1 heterocycles. The van der Waals surface area contributed by atoms with E-state index in [4.69, 9.17) is 4.99 Å². The Bertz CT molecular complexity index is 489. The summed E-state index contributed by atoms with van der Waals surface area (Å²) < 4.78 is 0. The van der Waals surface area contributed by atoms with Crippen LogP contribution in [0.3, 0.4) is 0 Å². The van der Waals surface area contributed by atoms with Gasteiger partial charge in [-0.25, -0.2) is 9.98 Å². The summed E-state index contributed by atoms with van der Waals surface area (Å²) in [5.74, 6) is 1.42. The van der Waals surface area contributed by atoms with Gasteiger partial charge in [-0.1, -0.05) is 27.2 Å². The lowest BCUT2D eigenvalue weighted by Gasteiger charge is -2.41. The molecule has 0 aromatic carbocycles. The van der Waals surface area contributed by atoms with Crippen LogP contribution in [0.4, 0.5) is 0 Å². The molecule has 2 rings (SSSR count). The van der Waals surface area contributed by atoms with Crippen molar-refractivity contribution in [2.45, 2.75) is 65.8 Å². The number of nitrogens with zero attached hydrogens (tertiary/aromatic N) is 2. The quantitative estimate of drug-likeness (QED) is 0.365. The summed E-state index contributed by atoms with van der Waals surface area (Å²) in [5, 5.41) is 10.2. The van der Waals surface area contributed by atoms with Crippen molar-refractivity contribution in [3.8, 4) is 0 Å². The summed E-state index contributed by atoms with van der Waals surface area (Å²) >= 11 is 1.74. The molecule has 23 heavy (non-hydrogen) atoms. The minimum atomic E-state index is 0. The van der Waals surface area contributed by atoms with Crippen molar-refractivity contribution < 1.29 is 0 Å². The van der Waals surface area contributed by atoms with Crippen molar-refractivity contribution in [2.24, 2.45) is 10.4 Å². The minimum absolute atomic E-state index is 0. The van der Waals surface area contributed by atoms with Crippen LogP contribution in [0, 0.1) is 5.41 Å². The van der Waals surface area contributed by atoms with Crippen LogP contribution in [-0.4, -0.2) is 24.0 Å². The molecule has 1 aliphatic carbocycles. The summed E-state index contributed by atoms with van der Waals surface area (Å²) in [6, 6.07) is 0. The highest BCUT2D eigenvalue weighted by molar-refractivity contribution is 14.0. The number of guanidine groups is 1. The molecule has 0 bridgehead atoms. The molecule has 4 nitrogen and oxygen atoms in total. The van der Waals surface area contributed by atoms with E-state index in [0.29, 0.717) is 17.9 Å². The van der Waals surface area contributed by atoms with Gasteiger partial charge in [0.05, 0.1) is 17.2 Å². The molecule has 0 saturated heterocycles. The average Bonchev–Trinajstić information content (AvgIpc) is 2.93. The van der Waals surface area contributed by atoms with Crippen molar-refractivity contribution in [3.63, 3.8) is 0 Å². The van der Waals surface area contributed by atoms with Crippen LogP contribution < -0.4 is 10.6 Å². The highest BCUT2D eigenvalue weighted by atomic mass is 127. The van der Waals surface area contributed by atoms with E-state index in [0.717, 1.165) is 24.7 Å². The molecule has 1 saturated carbocycles. The molecule has 0 radical (unpaired) electrons. The summed E-state index contributed by atoms with van der Waals surface area (Å²) in [5.41, 5.74) is 1.57. The van der Waals surface area contributed by atoms with E-state index in [9.17, 15) is 0 Å². The van der Waals surface area contributed by atoms with E-state index in [2.05, 4.69) is 48.7 Å². The highest BCUT2D eigenvalue weighted by Crippen LogP contribution is 2.42. The zero-order valence-corrected chi connectivity index (χ0v) is 18.0. The SMILES string of the molecule is CCNC(=NCc1csc(C(C)C)n1)NCC1(CC)CCC1.I. The number of nitrogens with one attached hydrogen (secondary N) is 2. The third-order valence-corrected chi connectivity index (χ3v) is 5.80. The first-order valence-electron chi connectivity index (χ1n) is 8.55. The summed E-state index contributed by atoms with van der Waals surface area (Å²) in [7, 11) is 0. The number of aliphatic imine (C=N–C) groups is 1. The molecule has 6 heteroatoms. The molecule has 1 aliphatic rings. The molecule has 2 N–H and O–H groups in total. The van der Waals surface area contributed by atoms with Crippen LogP contribution in [-0.2, 0) is 6.54 Å². The first kappa shape index (κ1) is 20.7. The lowest BCUT2D eigenvalue weighted by atomic mass is 9.67. The van der Waals surface area contributed by atoms with Gasteiger partial charge in [-0.05, 0) is 31.6 Å². The zero-order chi connectivity index (χ0) is 16.0. The molecule has 1 aromatic rings. The van der Waals surface area contributed by atoms with E-state index < -0.39 is 0 Å². The fourth-order valence-corrected chi connectivity index (χ4v) is 3.59. The van der Waals surface area contributed by atoms with Crippen LogP contribution in [0.2, 0.25) is 0 Å². The van der Waals surface area contributed by atoms with Gasteiger partial charge in [0.2, 0.25) is 0 Å². The van der Waals surface area contributed by atoms with E-state index >= 15 is 0 Å². The number of hydrogen-bond acceptors (Lipinski definition) is 3. The Balaban J connectivity index is 0.00000264. The number of aromatic nitrogens is 1. The molecule has 0 amide bonds. The predicted molar refractivity (Wildman–Crippen MR) is 111 cm³/mol. The van der Waals surface area contributed by atoms with Gasteiger partial charge in [0.1, 0.15) is 0 Å². The van der Waals surface area contributed by atoms with E-state index in [1.807, 2.05) is 0 Å². The molecular weight excluding hydrogens is 419 g/mol. The molecule has 132 valence electrons. The Morgan fingerprint density at radius 1 is 1.35 bits per heavy atom. The molecule has 0 aliphatic heterocycles. The van der Waals surface area contributed by atoms with Gasteiger partial charge >= 0.3 is 0 Å². The lowest BCUT2D eigenvalue weighted by molar-refractivity contribution is 0.131. The second-order valence-corrected chi connectivity index (χ2v) is 7.48. The normalized spacial score (nSPS) is 16.7. The van der Waals surface area contributed by atoms with Crippen molar-refractivity contribution >= 4 is 41.3 Å². The Kier molecular flexibility index (Phi) is 8.82. The van der Waals surface area contributed by atoms with Crippen molar-refractivity contribution in [1.29, 1.82) is 0 Å². The number of rotatable bonds is 7. The third kappa shape index (κ3) is 5.89. The van der Waals surface area contributed by atoms with Crippen molar-refractivity contribution in [2.75, 3.05) is 13.1 Å². The second-order valence-electron chi connectivity index (χ2n) is 6.59. The maximum atomic E-state index is 4.69. The Morgan fingerprint density at radius 3 is 2.57 bits per heavy atom. The van der Waals surface area contributed by atoms with Crippen molar-refractivity contribution in [1.82, 2.24) is 15.6 Å². The first-order chi connectivity index (χ1) is 10.6. The molecular formula is C17H31IN4S. The molecule has 0 spiro atoms. The standard InChI is InChI=1S/C17H30N4S.HI/c1-5-17(8-7-9-17)12-20-16(18-6-2)19-10-14-11-22-15(21-14)13(3)4;/h11,13H,5-10,12H2,1-4H3,(H2,18,19,20);1H. The fraction of sp³-hybridized carbons (Fsp3) is 0.765. The van der Waals surface area contributed by atoms with Gasteiger partial charge in [-0.15, -0.1) is 35.3 Å². The maximum Gasteiger partial charge on any atom is 0.191 e.